The summed E-state index contributed by atoms with van der Waals surface area (Å²) in [6.45, 7) is 0. The lowest BCUT2D eigenvalue weighted by Crippen LogP contribution is -2.66. The minimum atomic E-state index is -0.849. The predicted octanol–water partition coefficient (Wildman–Crippen LogP) is 0.935. The van der Waals surface area contributed by atoms with E-state index in [2.05, 4.69) is 10.6 Å². The lowest BCUT2D eigenvalue weighted by Gasteiger charge is -2.35. The van der Waals surface area contributed by atoms with E-state index >= 15 is 0 Å². The van der Waals surface area contributed by atoms with Crippen molar-refractivity contribution in [1.29, 1.82) is 0 Å². The molecule has 0 spiro atoms. The second-order valence-electron chi connectivity index (χ2n) is 4.26. The van der Waals surface area contributed by atoms with Crippen LogP contribution in [0.15, 0.2) is 30.3 Å². The van der Waals surface area contributed by atoms with E-state index in [0.29, 0.717) is 6.42 Å². The van der Waals surface area contributed by atoms with Crippen LogP contribution >= 0.6 is 23.5 Å². The lowest BCUT2D eigenvalue weighted by molar-refractivity contribution is -0.135. The van der Waals surface area contributed by atoms with Crippen LogP contribution in [-0.2, 0) is 16.0 Å². The molecule has 18 heavy (non-hydrogen) atoms. The molecule has 2 unspecified atom stereocenters. The standard InChI is InChI=1S/C12H12N2O2S2/c15-9-10-13-11(16)12(14-9,18-7-17-10)6-8-4-2-1-3-5-8/h1-5,10H,6-7H2,(H,13,16)(H,14,15). The van der Waals surface area contributed by atoms with Crippen LogP contribution in [0.3, 0.4) is 0 Å². The third-order valence-electron chi connectivity index (χ3n) is 3.03. The number of carbonyl (C=O) groups is 2. The fourth-order valence-corrected chi connectivity index (χ4v) is 4.76. The molecule has 2 N–H and O–H groups in total. The summed E-state index contributed by atoms with van der Waals surface area (Å²) in [5, 5.41) is 5.96. The quantitative estimate of drug-likeness (QED) is 0.846. The number of amides is 2. The second kappa shape index (κ2) is 4.51. The van der Waals surface area contributed by atoms with Crippen molar-refractivity contribution in [3.63, 3.8) is 0 Å². The van der Waals surface area contributed by atoms with Gasteiger partial charge in [-0.1, -0.05) is 30.3 Å². The Hall–Kier alpha value is -1.14. The zero-order chi connectivity index (χ0) is 12.6. The van der Waals surface area contributed by atoms with Gasteiger partial charge in [0.05, 0.1) is 0 Å². The summed E-state index contributed by atoms with van der Waals surface area (Å²) in [5.74, 6) is -0.188. The number of carbonyl (C=O) groups excluding carboxylic acids is 2. The van der Waals surface area contributed by atoms with E-state index in [9.17, 15) is 9.59 Å². The summed E-state index contributed by atoms with van der Waals surface area (Å²) < 4.78 is 0. The first-order valence-electron chi connectivity index (χ1n) is 5.62. The Morgan fingerprint density at radius 2 is 2.06 bits per heavy atom. The Balaban J connectivity index is 1.92. The van der Waals surface area contributed by atoms with Crippen molar-refractivity contribution in [1.82, 2.24) is 10.6 Å². The van der Waals surface area contributed by atoms with Crippen molar-refractivity contribution >= 4 is 35.3 Å². The first-order valence-corrected chi connectivity index (χ1v) is 7.65. The molecule has 3 aliphatic rings. The number of rotatable bonds is 2. The van der Waals surface area contributed by atoms with Crippen molar-refractivity contribution in [3.05, 3.63) is 35.9 Å². The van der Waals surface area contributed by atoms with E-state index in [1.807, 2.05) is 30.3 Å². The molecule has 2 amide bonds. The SMILES string of the molecule is O=C1NC2(Cc3ccccc3)SCSC1NC2=O. The smallest absolute Gasteiger partial charge is 0.257 e. The van der Waals surface area contributed by atoms with Gasteiger partial charge in [-0.05, 0) is 5.56 Å². The van der Waals surface area contributed by atoms with Crippen molar-refractivity contribution < 1.29 is 9.59 Å². The molecule has 0 aromatic heterocycles. The van der Waals surface area contributed by atoms with Gasteiger partial charge in [-0.3, -0.25) is 9.59 Å². The maximum absolute atomic E-state index is 12.2. The summed E-state index contributed by atoms with van der Waals surface area (Å²) in [5.41, 5.74) is 1.05. The Kier molecular flexibility index (Phi) is 2.99. The zero-order valence-electron chi connectivity index (χ0n) is 9.51. The molecule has 6 heteroatoms. The third-order valence-corrected chi connectivity index (χ3v) is 5.63. The molecule has 2 atom stereocenters. The fraction of sp³-hybridized carbons (Fsp3) is 0.333. The molecule has 94 valence electrons. The highest BCUT2D eigenvalue weighted by Gasteiger charge is 2.49. The summed E-state index contributed by atoms with van der Waals surface area (Å²) in [7, 11) is 0. The third kappa shape index (κ3) is 1.99. The Morgan fingerprint density at radius 3 is 2.83 bits per heavy atom. The number of nitrogens with one attached hydrogen (secondary N) is 2. The molecular formula is C12H12N2O2S2. The van der Waals surface area contributed by atoms with Crippen LogP contribution in [0.4, 0.5) is 0 Å². The van der Waals surface area contributed by atoms with Gasteiger partial charge in [0.15, 0.2) is 10.2 Å². The number of hydrogen-bond donors (Lipinski definition) is 2. The van der Waals surface area contributed by atoms with E-state index in [-0.39, 0.29) is 11.8 Å². The first-order chi connectivity index (χ1) is 8.70. The number of hydrogen-bond acceptors (Lipinski definition) is 4. The maximum atomic E-state index is 12.2. The molecule has 1 aromatic carbocycles. The Bertz CT molecular complexity index is 494. The van der Waals surface area contributed by atoms with Gasteiger partial charge in [-0.25, -0.2) is 0 Å². The largest absolute Gasteiger partial charge is 0.333 e. The van der Waals surface area contributed by atoms with Gasteiger partial charge < -0.3 is 10.6 Å². The van der Waals surface area contributed by atoms with Crippen LogP contribution < -0.4 is 10.6 Å². The highest BCUT2D eigenvalue weighted by Crippen LogP contribution is 2.38. The molecule has 3 aliphatic heterocycles. The van der Waals surface area contributed by atoms with Gasteiger partial charge in [0, 0.05) is 11.5 Å². The summed E-state index contributed by atoms with van der Waals surface area (Å²) in [6.07, 6.45) is 0.517. The fourth-order valence-electron chi connectivity index (χ4n) is 2.10. The van der Waals surface area contributed by atoms with Crippen molar-refractivity contribution in [2.24, 2.45) is 0 Å². The molecule has 1 aromatic rings. The maximum Gasteiger partial charge on any atom is 0.257 e. The molecule has 2 bridgehead atoms. The van der Waals surface area contributed by atoms with Crippen LogP contribution in [0.5, 0.6) is 0 Å². The zero-order valence-corrected chi connectivity index (χ0v) is 11.1. The van der Waals surface area contributed by atoms with Crippen LogP contribution in [-0.4, -0.2) is 27.1 Å². The Morgan fingerprint density at radius 1 is 1.28 bits per heavy atom. The van der Waals surface area contributed by atoms with Gasteiger partial charge in [0.25, 0.3) is 11.8 Å². The molecule has 3 heterocycles. The average molecular weight is 280 g/mol. The second-order valence-corrected chi connectivity index (χ2v) is 6.99. The van der Waals surface area contributed by atoms with Crippen molar-refractivity contribution in [2.45, 2.75) is 16.7 Å². The average Bonchev–Trinajstić information content (AvgIpc) is 2.60. The van der Waals surface area contributed by atoms with Crippen LogP contribution in [0.1, 0.15) is 5.56 Å². The van der Waals surface area contributed by atoms with Crippen LogP contribution in [0.25, 0.3) is 0 Å². The summed E-state index contributed by atoms with van der Waals surface area (Å²) >= 11 is 2.96. The van der Waals surface area contributed by atoms with Crippen LogP contribution in [0, 0.1) is 0 Å². The number of piperazine rings is 1. The molecular weight excluding hydrogens is 268 g/mol. The highest BCUT2D eigenvalue weighted by atomic mass is 32.2. The van der Waals surface area contributed by atoms with E-state index in [1.54, 1.807) is 0 Å². The molecule has 0 radical (unpaired) electrons. The monoisotopic (exact) mass is 280 g/mol. The van der Waals surface area contributed by atoms with Gasteiger partial charge >= 0.3 is 0 Å². The van der Waals surface area contributed by atoms with E-state index < -0.39 is 10.2 Å². The van der Waals surface area contributed by atoms with Gasteiger partial charge in [0.1, 0.15) is 0 Å². The van der Waals surface area contributed by atoms with Gasteiger partial charge in [-0.2, -0.15) is 0 Å². The number of benzene rings is 1. The molecule has 0 saturated carbocycles. The topological polar surface area (TPSA) is 58.2 Å². The molecule has 4 rings (SSSR count). The molecule has 3 fully saturated rings. The minimum Gasteiger partial charge on any atom is -0.333 e. The van der Waals surface area contributed by atoms with E-state index in [4.69, 9.17) is 0 Å². The van der Waals surface area contributed by atoms with Crippen molar-refractivity contribution in [2.75, 3.05) is 5.08 Å². The number of fused-ring (bicyclic) bond motifs is 4. The van der Waals surface area contributed by atoms with E-state index in [1.165, 1.54) is 23.5 Å². The summed E-state index contributed by atoms with van der Waals surface area (Å²) in [4.78, 5) is 23.2. The van der Waals surface area contributed by atoms with Gasteiger partial charge in [0.2, 0.25) is 0 Å². The molecule has 0 aliphatic carbocycles. The minimum absolute atomic E-state index is 0.0917. The molecule has 4 nitrogen and oxygen atoms in total. The lowest BCUT2D eigenvalue weighted by atomic mass is 10.0. The van der Waals surface area contributed by atoms with Crippen LogP contribution in [0.2, 0.25) is 0 Å². The van der Waals surface area contributed by atoms with Crippen molar-refractivity contribution in [3.8, 4) is 0 Å². The summed E-state index contributed by atoms with van der Waals surface area (Å²) in [6, 6.07) is 9.76. The predicted molar refractivity (Wildman–Crippen MR) is 73.0 cm³/mol. The molecule has 3 saturated heterocycles. The Labute approximate surface area is 113 Å². The normalized spacial score (nSPS) is 30.6. The van der Waals surface area contributed by atoms with E-state index in [0.717, 1.165) is 10.6 Å². The van der Waals surface area contributed by atoms with Gasteiger partial charge in [-0.15, -0.1) is 23.5 Å². The first kappa shape index (κ1) is 11.9. The highest BCUT2D eigenvalue weighted by molar-refractivity contribution is 8.17. The number of thioether (sulfide) groups is 2.